The Kier molecular flexibility index (Phi) is 8.20. The fourth-order valence-electron chi connectivity index (χ4n) is 3.51. The van der Waals surface area contributed by atoms with Crippen molar-refractivity contribution in [1.82, 2.24) is 10.6 Å². The lowest BCUT2D eigenvalue weighted by Crippen LogP contribution is -2.45. The third-order valence-electron chi connectivity index (χ3n) is 5.04. The average molecular weight is 462 g/mol. The van der Waals surface area contributed by atoms with Gasteiger partial charge in [0.15, 0.2) is 11.2 Å². The molecule has 33 heavy (non-hydrogen) atoms. The SMILES string of the molecule is CC(C)(C)OC(=O)[C@@H](NC(=S)N[C@@H](c1ccccc1)[C@@H](N)c1ccccc1)c1ccccc1. The van der Waals surface area contributed by atoms with E-state index in [-0.39, 0.29) is 12.1 Å². The second-order valence-corrected chi connectivity index (χ2v) is 9.23. The number of nitrogens with two attached hydrogens (primary N) is 1. The first-order chi connectivity index (χ1) is 15.7. The molecule has 0 aliphatic carbocycles. The maximum Gasteiger partial charge on any atom is 0.333 e. The van der Waals surface area contributed by atoms with Crippen LogP contribution in [0.4, 0.5) is 0 Å². The minimum Gasteiger partial charge on any atom is -0.458 e. The van der Waals surface area contributed by atoms with E-state index in [0.717, 1.165) is 16.7 Å². The van der Waals surface area contributed by atoms with E-state index < -0.39 is 17.6 Å². The summed E-state index contributed by atoms with van der Waals surface area (Å²) in [5.74, 6) is -0.401. The Balaban J connectivity index is 1.84. The molecule has 0 fully saturated rings. The Morgan fingerprint density at radius 2 is 1.24 bits per heavy atom. The molecule has 0 aromatic heterocycles. The summed E-state index contributed by atoms with van der Waals surface area (Å²) in [5.41, 5.74) is 8.78. The first-order valence-corrected chi connectivity index (χ1v) is 11.4. The Bertz CT molecular complexity index is 1040. The maximum absolute atomic E-state index is 13.0. The van der Waals surface area contributed by atoms with Crippen LogP contribution < -0.4 is 16.4 Å². The minimum atomic E-state index is -0.755. The lowest BCUT2D eigenvalue weighted by atomic mass is 9.94. The number of carbonyl (C=O) groups excluding carboxylic acids is 1. The fraction of sp³-hybridized carbons (Fsp3) is 0.259. The van der Waals surface area contributed by atoms with E-state index in [2.05, 4.69) is 10.6 Å². The second-order valence-electron chi connectivity index (χ2n) is 8.82. The predicted octanol–water partition coefficient (Wildman–Crippen LogP) is 4.97. The lowest BCUT2D eigenvalue weighted by molar-refractivity contribution is -0.157. The van der Waals surface area contributed by atoms with E-state index in [1.807, 2.05) is 112 Å². The molecule has 0 unspecified atom stereocenters. The van der Waals surface area contributed by atoms with Gasteiger partial charge in [-0.1, -0.05) is 91.0 Å². The number of nitrogens with one attached hydrogen (secondary N) is 2. The highest BCUT2D eigenvalue weighted by molar-refractivity contribution is 7.80. The number of benzene rings is 3. The molecule has 3 atom stereocenters. The summed E-state index contributed by atoms with van der Waals surface area (Å²) < 4.78 is 5.65. The number of esters is 1. The Morgan fingerprint density at radius 1 is 0.788 bits per heavy atom. The van der Waals surface area contributed by atoms with Gasteiger partial charge in [-0.3, -0.25) is 0 Å². The fourth-order valence-corrected chi connectivity index (χ4v) is 3.75. The average Bonchev–Trinajstić information content (AvgIpc) is 2.81. The molecular weight excluding hydrogens is 430 g/mol. The van der Waals surface area contributed by atoms with Gasteiger partial charge in [-0.25, -0.2) is 4.79 Å². The summed E-state index contributed by atoms with van der Waals surface area (Å²) >= 11 is 5.65. The van der Waals surface area contributed by atoms with E-state index in [4.69, 9.17) is 22.7 Å². The molecule has 3 aromatic carbocycles. The zero-order valence-electron chi connectivity index (χ0n) is 19.2. The van der Waals surface area contributed by atoms with Gasteiger partial charge in [0.2, 0.25) is 0 Å². The maximum atomic E-state index is 13.0. The normalized spacial score (nSPS) is 13.9. The first-order valence-electron chi connectivity index (χ1n) is 10.9. The molecule has 0 spiro atoms. The van der Waals surface area contributed by atoms with E-state index in [0.29, 0.717) is 5.11 Å². The van der Waals surface area contributed by atoms with Crippen LogP contribution in [0.25, 0.3) is 0 Å². The molecule has 0 amide bonds. The molecule has 4 N–H and O–H groups in total. The van der Waals surface area contributed by atoms with Crippen molar-refractivity contribution in [2.45, 2.75) is 44.5 Å². The zero-order chi connectivity index (χ0) is 23.8. The third-order valence-corrected chi connectivity index (χ3v) is 5.28. The number of hydrogen-bond donors (Lipinski definition) is 3. The smallest absolute Gasteiger partial charge is 0.333 e. The Morgan fingerprint density at radius 3 is 1.73 bits per heavy atom. The van der Waals surface area contributed by atoms with Crippen molar-refractivity contribution in [3.63, 3.8) is 0 Å². The van der Waals surface area contributed by atoms with Gasteiger partial charge < -0.3 is 21.1 Å². The molecule has 0 saturated heterocycles. The quantitative estimate of drug-likeness (QED) is 0.341. The highest BCUT2D eigenvalue weighted by Crippen LogP contribution is 2.27. The summed E-state index contributed by atoms with van der Waals surface area (Å²) in [4.78, 5) is 13.0. The van der Waals surface area contributed by atoms with Crippen LogP contribution in [0.3, 0.4) is 0 Å². The molecule has 0 saturated carbocycles. The molecule has 6 heteroatoms. The number of carbonyl (C=O) groups is 1. The topological polar surface area (TPSA) is 76.4 Å². The Labute approximate surface area is 201 Å². The van der Waals surface area contributed by atoms with E-state index in [1.54, 1.807) is 0 Å². The lowest BCUT2D eigenvalue weighted by Gasteiger charge is -2.30. The second kappa shape index (κ2) is 11.1. The van der Waals surface area contributed by atoms with Crippen LogP contribution in [0.5, 0.6) is 0 Å². The number of rotatable bonds is 7. The van der Waals surface area contributed by atoms with Crippen molar-refractivity contribution < 1.29 is 9.53 Å². The van der Waals surface area contributed by atoms with Crippen LogP contribution in [0.2, 0.25) is 0 Å². The predicted molar refractivity (Wildman–Crippen MR) is 136 cm³/mol. The van der Waals surface area contributed by atoms with Crippen LogP contribution in [0.1, 0.15) is 55.6 Å². The standard InChI is InChI=1S/C27H31N3O2S/c1-27(2,3)32-25(31)24(21-17-11-6-12-18-21)30-26(33)29-23(20-15-9-5-10-16-20)22(28)19-13-7-4-8-14-19/h4-18,22-24H,28H2,1-3H3,(H2,29,30,33)/t22-,23-,24-/m0/s1. The van der Waals surface area contributed by atoms with Crippen molar-refractivity contribution >= 4 is 23.3 Å². The van der Waals surface area contributed by atoms with Gasteiger partial charge in [-0.2, -0.15) is 0 Å². The largest absolute Gasteiger partial charge is 0.458 e. The summed E-state index contributed by atoms with van der Waals surface area (Å²) in [5, 5.41) is 6.80. The van der Waals surface area contributed by atoms with Crippen molar-refractivity contribution in [3.8, 4) is 0 Å². The molecule has 172 valence electrons. The molecule has 3 rings (SSSR count). The van der Waals surface area contributed by atoms with Crippen molar-refractivity contribution in [2.24, 2.45) is 5.73 Å². The first kappa shape index (κ1) is 24.4. The molecule has 0 bridgehead atoms. The van der Waals surface area contributed by atoms with Crippen molar-refractivity contribution in [3.05, 3.63) is 108 Å². The molecule has 0 aliphatic heterocycles. The molecular formula is C27H31N3O2S. The van der Waals surface area contributed by atoms with Crippen LogP contribution in [-0.4, -0.2) is 16.7 Å². The molecule has 0 radical (unpaired) electrons. The molecule has 0 heterocycles. The van der Waals surface area contributed by atoms with Gasteiger partial charge in [-0.05, 0) is 49.7 Å². The molecule has 5 nitrogen and oxygen atoms in total. The van der Waals surface area contributed by atoms with Gasteiger partial charge in [0, 0.05) is 0 Å². The zero-order valence-corrected chi connectivity index (χ0v) is 20.0. The molecule has 3 aromatic rings. The monoisotopic (exact) mass is 461 g/mol. The van der Waals surface area contributed by atoms with E-state index in [9.17, 15) is 4.79 Å². The number of hydrogen-bond acceptors (Lipinski definition) is 4. The van der Waals surface area contributed by atoms with Crippen molar-refractivity contribution in [1.29, 1.82) is 0 Å². The number of thiocarbonyl (C=S) groups is 1. The van der Waals surface area contributed by atoms with Gasteiger partial charge in [0.25, 0.3) is 0 Å². The summed E-state index contributed by atoms with van der Waals surface area (Å²) in [6.45, 7) is 5.52. The van der Waals surface area contributed by atoms with E-state index in [1.165, 1.54) is 0 Å². The van der Waals surface area contributed by atoms with Crippen LogP contribution >= 0.6 is 12.2 Å². The number of ether oxygens (including phenoxy) is 1. The third kappa shape index (κ3) is 7.14. The molecule has 0 aliphatic rings. The summed E-state index contributed by atoms with van der Waals surface area (Å²) in [7, 11) is 0. The summed E-state index contributed by atoms with van der Waals surface area (Å²) in [6, 6.07) is 27.7. The highest BCUT2D eigenvalue weighted by atomic mass is 32.1. The van der Waals surface area contributed by atoms with Crippen LogP contribution in [0.15, 0.2) is 91.0 Å². The van der Waals surface area contributed by atoms with Crippen LogP contribution in [0, 0.1) is 0 Å². The summed E-state index contributed by atoms with van der Waals surface area (Å²) in [6.07, 6.45) is 0. The van der Waals surface area contributed by atoms with Crippen LogP contribution in [-0.2, 0) is 9.53 Å². The van der Waals surface area contributed by atoms with Gasteiger partial charge in [0.1, 0.15) is 5.60 Å². The van der Waals surface area contributed by atoms with E-state index >= 15 is 0 Å². The highest BCUT2D eigenvalue weighted by Gasteiger charge is 2.29. The Hall–Kier alpha value is -3.22. The van der Waals surface area contributed by atoms with Gasteiger partial charge in [-0.15, -0.1) is 0 Å². The van der Waals surface area contributed by atoms with Gasteiger partial charge in [0.05, 0.1) is 12.1 Å². The van der Waals surface area contributed by atoms with Crippen molar-refractivity contribution in [2.75, 3.05) is 0 Å². The van der Waals surface area contributed by atoms with Gasteiger partial charge >= 0.3 is 5.97 Å². The minimum absolute atomic E-state index is 0.302.